The summed E-state index contributed by atoms with van der Waals surface area (Å²) in [4.78, 5) is 10.9. The summed E-state index contributed by atoms with van der Waals surface area (Å²) in [5, 5.41) is -0.341. The molecule has 2 rings (SSSR count). The Morgan fingerprint density at radius 3 is 2.42 bits per heavy atom. The molecule has 0 spiro atoms. The van der Waals surface area contributed by atoms with Crippen LogP contribution in [0.1, 0.15) is 12.8 Å². The topological polar surface area (TPSA) is 54.5 Å². The van der Waals surface area contributed by atoms with E-state index in [0.717, 1.165) is 4.31 Å². The van der Waals surface area contributed by atoms with Crippen molar-refractivity contribution < 1.29 is 13.2 Å². The van der Waals surface area contributed by atoms with Crippen LogP contribution < -0.4 is 0 Å². The van der Waals surface area contributed by atoms with Gasteiger partial charge in [0, 0.05) is 0 Å². The third-order valence-corrected chi connectivity index (χ3v) is 4.19. The molecule has 2 aliphatic rings. The lowest BCUT2D eigenvalue weighted by Gasteiger charge is -2.31. The first kappa shape index (κ1) is 7.85. The molecule has 1 saturated heterocycles. The summed E-state index contributed by atoms with van der Waals surface area (Å²) in [6.45, 7) is 3.44. The van der Waals surface area contributed by atoms with Crippen molar-refractivity contribution in [3.05, 3.63) is 12.2 Å². The van der Waals surface area contributed by atoms with Gasteiger partial charge < -0.3 is 0 Å². The fourth-order valence-electron chi connectivity index (χ4n) is 1.14. The van der Waals surface area contributed by atoms with Crippen LogP contribution in [-0.2, 0) is 10.0 Å². The number of carbonyl (C=O) groups is 1. The maximum absolute atomic E-state index is 11.4. The van der Waals surface area contributed by atoms with Crippen molar-refractivity contribution in [2.75, 3.05) is 0 Å². The molecule has 1 heterocycles. The third-order valence-electron chi connectivity index (χ3n) is 1.95. The van der Waals surface area contributed by atoms with E-state index in [0.29, 0.717) is 12.8 Å². The molecule has 0 bridgehead atoms. The van der Waals surface area contributed by atoms with Crippen LogP contribution in [0.5, 0.6) is 0 Å². The fraction of sp³-hybridized carbons (Fsp3) is 0.500. The van der Waals surface area contributed by atoms with E-state index in [1.165, 1.54) is 7.28 Å². The number of nitrogens with zero attached hydrogens (tertiary/aromatic N) is 1. The summed E-state index contributed by atoms with van der Waals surface area (Å²) in [6, 6.07) is 0. The van der Waals surface area contributed by atoms with Gasteiger partial charge in [0.25, 0.3) is 7.28 Å². The van der Waals surface area contributed by atoms with Crippen LogP contribution in [0.25, 0.3) is 0 Å². The molecule has 2 fully saturated rings. The van der Waals surface area contributed by atoms with Crippen LogP contribution >= 0.6 is 0 Å². The minimum Gasteiger partial charge on any atom is -0.286 e. The summed E-state index contributed by atoms with van der Waals surface area (Å²) in [5.74, 6) is -0.466. The molecule has 1 aliphatic heterocycles. The van der Waals surface area contributed by atoms with Gasteiger partial charge in [-0.05, 0) is 18.4 Å². The summed E-state index contributed by atoms with van der Waals surface area (Å²) in [6.07, 6.45) is 1.33. The maximum Gasteiger partial charge on any atom is 0.296 e. The van der Waals surface area contributed by atoms with E-state index in [-0.39, 0.29) is 10.8 Å². The Labute approximate surface area is 71.5 Å². The Morgan fingerprint density at radius 2 is 2.08 bits per heavy atom. The molecule has 0 aromatic heterocycles. The molecule has 12 heavy (non-hydrogen) atoms. The first-order valence-corrected chi connectivity index (χ1v) is 5.15. The summed E-state index contributed by atoms with van der Waals surface area (Å²) < 4.78 is 23.6. The van der Waals surface area contributed by atoms with Crippen LogP contribution in [0, 0.1) is 0 Å². The van der Waals surface area contributed by atoms with E-state index in [1.807, 2.05) is 0 Å². The predicted molar refractivity (Wildman–Crippen MR) is 44.1 cm³/mol. The molecule has 0 atom stereocenters. The first-order chi connectivity index (χ1) is 5.53. The molecule has 1 amide bonds. The smallest absolute Gasteiger partial charge is 0.286 e. The van der Waals surface area contributed by atoms with Gasteiger partial charge in [-0.2, -0.15) is 0 Å². The van der Waals surface area contributed by atoms with Crippen molar-refractivity contribution >= 4 is 23.1 Å². The Kier molecular flexibility index (Phi) is 1.39. The van der Waals surface area contributed by atoms with Crippen molar-refractivity contribution in [2.45, 2.75) is 18.1 Å². The Balaban J connectivity index is 2.28. The van der Waals surface area contributed by atoms with Gasteiger partial charge in [0.2, 0.25) is 10.0 Å². The van der Waals surface area contributed by atoms with Gasteiger partial charge in [0.15, 0.2) is 5.81 Å². The summed E-state index contributed by atoms with van der Waals surface area (Å²) in [5.41, 5.74) is 0.284. The number of rotatable bonds is 2. The van der Waals surface area contributed by atoms with Crippen LogP contribution in [0.3, 0.4) is 0 Å². The highest BCUT2D eigenvalue weighted by atomic mass is 32.2. The van der Waals surface area contributed by atoms with Crippen LogP contribution in [0.4, 0.5) is 4.79 Å². The lowest BCUT2D eigenvalue weighted by Crippen LogP contribution is -2.51. The van der Waals surface area contributed by atoms with E-state index < -0.39 is 15.8 Å². The second-order valence-corrected chi connectivity index (χ2v) is 5.04. The Morgan fingerprint density at radius 1 is 1.50 bits per heavy atom. The van der Waals surface area contributed by atoms with Gasteiger partial charge in [0.1, 0.15) is 0 Å². The number of hydrogen-bond donors (Lipinski definition) is 0. The highest BCUT2D eigenvalue weighted by molar-refractivity contribution is 7.91. The number of carbonyl (C=O) groups excluding carboxylic acids is 1. The van der Waals surface area contributed by atoms with E-state index in [9.17, 15) is 13.2 Å². The highest BCUT2D eigenvalue weighted by Gasteiger charge is 2.47. The zero-order valence-electron chi connectivity index (χ0n) is 6.36. The van der Waals surface area contributed by atoms with Crippen LogP contribution in [0.2, 0.25) is 0 Å². The molecule has 6 heteroatoms. The normalized spacial score (nSPS) is 23.5. The zero-order valence-corrected chi connectivity index (χ0v) is 7.17. The average molecular weight is 184 g/mol. The molecule has 1 radical (unpaired) electrons. The molecule has 1 aliphatic carbocycles. The monoisotopic (exact) mass is 184 g/mol. The fourth-order valence-corrected chi connectivity index (χ4v) is 2.85. The number of amides is 1. The lowest BCUT2D eigenvalue weighted by molar-refractivity contribution is 0.246. The summed E-state index contributed by atoms with van der Waals surface area (Å²) in [7, 11) is -2.15. The SMILES string of the molecule is C=C1[B]C(=O)N1S(=O)(=O)C1CC1. The molecule has 63 valence electrons. The molecule has 0 unspecified atom stereocenters. The van der Waals surface area contributed by atoms with Gasteiger partial charge in [-0.25, -0.2) is 12.7 Å². The van der Waals surface area contributed by atoms with Crippen molar-refractivity contribution in [3.8, 4) is 0 Å². The molecular weight excluding hydrogens is 177 g/mol. The molecule has 0 aromatic carbocycles. The van der Waals surface area contributed by atoms with E-state index in [1.54, 1.807) is 0 Å². The third kappa shape index (κ3) is 0.907. The molecule has 0 aromatic rings. The van der Waals surface area contributed by atoms with Crippen LogP contribution in [-0.4, -0.2) is 31.1 Å². The Bertz CT molecular complexity index is 343. The van der Waals surface area contributed by atoms with Gasteiger partial charge in [-0.1, -0.05) is 6.58 Å². The maximum atomic E-state index is 11.4. The minimum atomic E-state index is -3.37. The lowest BCUT2D eigenvalue weighted by atomic mass is 9.66. The van der Waals surface area contributed by atoms with Gasteiger partial charge in [-0.15, -0.1) is 0 Å². The van der Waals surface area contributed by atoms with Crippen molar-refractivity contribution in [3.63, 3.8) is 0 Å². The quantitative estimate of drug-likeness (QED) is 0.571. The molecule has 1 saturated carbocycles. The van der Waals surface area contributed by atoms with Crippen molar-refractivity contribution in [1.29, 1.82) is 0 Å². The van der Waals surface area contributed by atoms with E-state index >= 15 is 0 Å². The predicted octanol–water partition coefficient (Wildman–Crippen LogP) is 0.0896. The summed E-state index contributed by atoms with van der Waals surface area (Å²) >= 11 is 0. The molecular formula is C6H7BNO3S. The molecule has 4 nitrogen and oxygen atoms in total. The largest absolute Gasteiger partial charge is 0.296 e. The second kappa shape index (κ2) is 2.13. The number of sulfonamides is 1. The van der Waals surface area contributed by atoms with Crippen molar-refractivity contribution in [2.24, 2.45) is 0 Å². The van der Waals surface area contributed by atoms with E-state index in [4.69, 9.17) is 0 Å². The van der Waals surface area contributed by atoms with Gasteiger partial charge in [0.05, 0.1) is 5.25 Å². The second-order valence-electron chi connectivity index (χ2n) is 2.98. The van der Waals surface area contributed by atoms with Gasteiger partial charge >= 0.3 is 0 Å². The average Bonchev–Trinajstić information content (AvgIpc) is 2.64. The minimum absolute atomic E-state index is 0.284. The highest BCUT2D eigenvalue weighted by Crippen LogP contribution is 2.34. The van der Waals surface area contributed by atoms with Crippen molar-refractivity contribution in [1.82, 2.24) is 4.31 Å². The van der Waals surface area contributed by atoms with Crippen LogP contribution in [0.15, 0.2) is 12.2 Å². The molecule has 0 N–H and O–H groups in total. The standard InChI is InChI=1S/C6H7BNO3S/c1-4-7-6(9)8(4)12(10,11)5-2-3-5/h5H,1-3H2. The van der Waals surface area contributed by atoms with E-state index in [2.05, 4.69) is 6.58 Å². The zero-order chi connectivity index (χ0) is 8.93. The van der Waals surface area contributed by atoms with Gasteiger partial charge in [-0.3, -0.25) is 4.79 Å². The Hall–Kier alpha value is -0.775. The first-order valence-electron chi connectivity index (χ1n) is 3.65. The number of hydrogen-bond acceptors (Lipinski definition) is 3.